The molecule has 1 heterocycles. The lowest BCUT2D eigenvalue weighted by molar-refractivity contribution is 0.591. The van der Waals surface area contributed by atoms with Crippen molar-refractivity contribution in [2.75, 3.05) is 0 Å². The van der Waals surface area contributed by atoms with E-state index < -0.39 is 0 Å². The third-order valence-corrected chi connectivity index (χ3v) is 3.05. The molecule has 1 aliphatic rings. The maximum Gasteiger partial charge on any atom is 0.150 e. The first kappa shape index (κ1) is 8.95. The van der Waals surface area contributed by atoms with E-state index >= 15 is 0 Å². The Morgan fingerprint density at radius 1 is 1.31 bits per heavy atom. The fraction of sp³-hybridized carbons (Fsp3) is 0.600. The summed E-state index contributed by atoms with van der Waals surface area (Å²) in [6.07, 6.45) is 7.07. The lowest BCUT2D eigenvalue weighted by Gasteiger charge is -2.08. The highest BCUT2D eigenvalue weighted by molar-refractivity contribution is 6.30. The molecule has 0 amide bonds. The van der Waals surface area contributed by atoms with Crippen LogP contribution < -0.4 is 0 Å². The molecule has 0 aromatic carbocycles. The van der Waals surface area contributed by atoms with E-state index in [1.54, 1.807) is 12.4 Å². The highest BCUT2D eigenvalue weighted by atomic mass is 35.5. The van der Waals surface area contributed by atoms with Crippen molar-refractivity contribution in [3.05, 3.63) is 23.2 Å². The van der Waals surface area contributed by atoms with Gasteiger partial charge in [-0.15, -0.1) is 0 Å². The van der Waals surface area contributed by atoms with Crippen molar-refractivity contribution in [2.24, 2.45) is 5.92 Å². The third-order valence-electron chi connectivity index (χ3n) is 2.76. The van der Waals surface area contributed by atoms with Gasteiger partial charge in [-0.05, 0) is 18.8 Å². The van der Waals surface area contributed by atoms with Crippen LogP contribution >= 0.6 is 11.6 Å². The number of halogens is 1. The van der Waals surface area contributed by atoms with Crippen LogP contribution in [0.25, 0.3) is 0 Å². The van der Waals surface area contributed by atoms with Crippen molar-refractivity contribution in [2.45, 2.75) is 32.1 Å². The molecule has 1 aliphatic carbocycles. The maximum atomic E-state index is 5.98. The molecular formula is C10H13ClN2. The molecule has 1 saturated carbocycles. The van der Waals surface area contributed by atoms with Crippen LogP contribution in [0.4, 0.5) is 0 Å². The molecule has 13 heavy (non-hydrogen) atoms. The Labute approximate surface area is 83.4 Å². The Hall–Kier alpha value is -0.630. The monoisotopic (exact) mass is 196 g/mol. The first-order chi connectivity index (χ1) is 6.27. The van der Waals surface area contributed by atoms with Crippen LogP contribution in [0.15, 0.2) is 12.4 Å². The molecule has 0 radical (unpaired) electrons. The summed E-state index contributed by atoms with van der Waals surface area (Å²) in [5, 5.41) is 0.585. The van der Waals surface area contributed by atoms with Gasteiger partial charge in [0.2, 0.25) is 0 Å². The maximum absolute atomic E-state index is 5.98. The second-order valence-corrected chi connectivity index (χ2v) is 4.21. The van der Waals surface area contributed by atoms with E-state index in [1.807, 2.05) is 0 Å². The van der Waals surface area contributed by atoms with Crippen LogP contribution in [0.3, 0.4) is 0 Å². The summed E-state index contributed by atoms with van der Waals surface area (Å²) >= 11 is 5.98. The van der Waals surface area contributed by atoms with Crippen LogP contribution in [0, 0.1) is 5.92 Å². The molecule has 2 atom stereocenters. The van der Waals surface area contributed by atoms with Gasteiger partial charge in [0, 0.05) is 18.3 Å². The quantitative estimate of drug-likeness (QED) is 0.690. The minimum absolute atomic E-state index is 0.538. The minimum atomic E-state index is 0.538. The highest BCUT2D eigenvalue weighted by Crippen LogP contribution is 2.38. The van der Waals surface area contributed by atoms with E-state index in [2.05, 4.69) is 16.9 Å². The molecule has 1 fully saturated rings. The van der Waals surface area contributed by atoms with Crippen LogP contribution in [0.2, 0.25) is 5.15 Å². The fourth-order valence-corrected chi connectivity index (χ4v) is 2.32. The number of nitrogens with zero attached hydrogens (tertiary/aromatic N) is 2. The van der Waals surface area contributed by atoms with E-state index in [1.165, 1.54) is 19.3 Å². The normalized spacial score (nSPS) is 27.8. The topological polar surface area (TPSA) is 25.8 Å². The molecule has 2 unspecified atom stereocenters. The summed E-state index contributed by atoms with van der Waals surface area (Å²) in [5.41, 5.74) is 0.994. The van der Waals surface area contributed by atoms with Crippen LogP contribution in [0.5, 0.6) is 0 Å². The van der Waals surface area contributed by atoms with Crippen molar-refractivity contribution < 1.29 is 0 Å². The molecular weight excluding hydrogens is 184 g/mol. The number of hydrogen-bond acceptors (Lipinski definition) is 2. The van der Waals surface area contributed by atoms with Gasteiger partial charge in [-0.1, -0.05) is 24.9 Å². The summed E-state index contributed by atoms with van der Waals surface area (Å²) in [6.45, 7) is 2.28. The van der Waals surface area contributed by atoms with E-state index in [0.717, 1.165) is 11.6 Å². The Morgan fingerprint density at radius 3 is 2.69 bits per heavy atom. The van der Waals surface area contributed by atoms with Crippen LogP contribution in [0.1, 0.15) is 37.8 Å². The molecule has 0 aliphatic heterocycles. The smallest absolute Gasteiger partial charge is 0.150 e. The van der Waals surface area contributed by atoms with E-state index in [-0.39, 0.29) is 0 Å². The molecule has 0 bridgehead atoms. The minimum Gasteiger partial charge on any atom is -0.256 e. The number of aromatic nitrogens is 2. The van der Waals surface area contributed by atoms with Crippen molar-refractivity contribution in [1.29, 1.82) is 0 Å². The SMILES string of the molecule is CC1CCC(c2nccnc2Cl)C1. The summed E-state index contributed by atoms with van der Waals surface area (Å²) < 4.78 is 0. The zero-order chi connectivity index (χ0) is 9.26. The summed E-state index contributed by atoms with van der Waals surface area (Å²) in [7, 11) is 0. The average Bonchev–Trinajstić information content (AvgIpc) is 2.53. The first-order valence-corrected chi connectivity index (χ1v) is 5.11. The van der Waals surface area contributed by atoms with Gasteiger partial charge in [0.1, 0.15) is 0 Å². The van der Waals surface area contributed by atoms with Gasteiger partial charge in [-0.2, -0.15) is 0 Å². The molecule has 2 nitrogen and oxygen atoms in total. The predicted molar refractivity (Wildman–Crippen MR) is 52.8 cm³/mol. The molecule has 2 rings (SSSR count). The number of rotatable bonds is 1. The van der Waals surface area contributed by atoms with Crippen molar-refractivity contribution in [3.63, 3.8) is 0 Å². The Bertz CT molecular complexity index is 301. The molecule has 70 valence electrons. The van der Waals surface area contributed by atoms with Gasteiger partial charge in [-0.3, -0.25) is 4.98 Å². The van der Waals surface area contributed by atoms with E-state index in [9.17, 15) is 0 Å². The van der Waals surface area contributed by atoms with Crippen molar-refractivity contribution in [3.8, 4) is 0 Å². The van der Waals surface area contributed by atoms with Gasteiger partial charge < -0.3 is 0 Å². The van der Waals surface area contributed by atoms with Gasteiger partial charge >= 0.3 is 0 Å². The lowest BCUT2D eigenvalue weighted by Crippen LogP contribution is -1.99. The van der Waals surface area contributed by atoms with Crippen molar-refractivity contribution >= 4 is 11.6 Å². The molecule has 0 saturated heterocycles. The lowest BCUT2D eigenvalue weighted by atomic mass is 10.0. The van der Waals surface area contributed by atoms with Gasteiger partial charge in [0.05, 0.1) is 5.69 Å². The number of hydrogen-bond donors (Lipinski definition) is 0. The zero-order valence-corrected chi connectivity index (χ0v) is 8.46. The third kappa shape index (κ3) is 1.83. The van der Waals surface area contributed by atoms with Crippen molar-refractivity contribution in [1.82, 2.24) is 9.97 Å². The Balaban J connectivity index is 2.21. The second-order valence-electron chi connectivity index (χ2n) is 3.85. The summed E-state index contributed by atoms with van der Waals surface area (Å²) in [5.74, 6) is 1.35. The average molecular weight is 197 g/mol. The Kier molecular flexibility index (Phi) is 2.49. The molecule has 0 N–H and O–H groups in total. The standard InChI is InChI=1S/C10H13ClN2/c1-7-2-3-8(6-7)9-10(11)13-5-4-12-9/h4-5,7-8H,2-3,6H2,1H3. The second kappa shape index (κ2) is 3.62. The largest absolute Gasteiger partial charge is 0.256 e. The van der Waals surface area contributed by atoms with Gasteiger partial charge in [-0.25, -0.2) is 4.98 Å². The van der Waals surface area contributed by atoms with Gasteiger partial charge in [0.25, 0.3) is 0 Å². The molecule has 1 aromatic rings. The highest BCUT2D eigenvalue weighted by Gasteiger charge is 2.25. The molecule has 1 aromatic heterocycles. The van der Waals surface area contributed by atoms with E-state index in [4.69, 9.17) is 11.6 Å². The predicted octanol–water partition coefficient (Wildman–Crippen LogP) is 3.03. The molecule has 3 heteroatoms. The summed E-state index contributed by atoms with van der Waals surface area (Å²) in [4.78, 5) is 8.35. The van der Waals surface area contributed by atoms with Crippen LogP contribution in [-0.4, -0.2) is 9.97 Å². The fourth-order valence-electron chi connectivity index (χ4n) is 2.06. The Morgan fingerprint density at radius 2 is 2.08 bits per heavy atom. The summed E-state index contributed by atoms with van der Waals surface area (Å²) in [6, 6.07) is 0. The van der Waals surface area contributed by atoms with Crippen LogP contribution in [-0.2, 0) is 0 Å². The molecule has 0 spiro atoms. The van der Waals surface area contributed by atoms with E-state index in [0.29, 0.717) is 11.1 Å². The zero-order valence-electron chi connectivity index (χ0n) is 7.70. The van der Waals surface area contributed by atoms with Gasteiger partial charge in [0.15, 0.2) is 5.15 Å². The first-order valence-electron chi connectivity index (χ1n) is 4.73.